The fourth-order valence-electron chi connectivity index (χ4n) is 2.61. The van der Waals surface area contributed by atoms with Gasteiger partial charge in [0.25, 0.3) is 5.91 Å². The first kappa shape index (κ1) is 17.3. The molecular weight excluding hydrogens is 330 g/mol. The highest BCUT2D eigenvalue weighted by Crippen LogP contribution is 2.23. The minimum Gasteiger partial charge on any atom is -0.508 e. The van der Waals surface area contributed by atoms with Crippen LogP contribution in [0.25, 0.3) is 10.8 Å². The largest absolute Gasteiger partial charge is 0.508 e. The van der Waals surface area contributed by atoms with Gasteiger partial charge in [-0.3, -0.25) is 4.79 Å². The Labute approximate surface area is 150 Å². The lowest BCUT2D eigenvalue weighted by Gasteiger charge is -2.09. The summed E-state index contributed by atoms with van der Waals surface area (Å²) in [5.41, 5.74) is 4.05. The van der Waals surface area contributed by atoms with Crippen molar-refractivity contribution in [2.75, 3.05) is 11.9 Å². The quantitative estimate of drug-likeness (QED) is 0.323. The Bertz CT molecular complexity index is 978. The molecular formula is C20H19N3O3. The minimum atomic E-state index is -0.322. The van der Waals surface area contributed by atoms with Crippen molar-refractivity contribution in [2.24, 2.45) is 5.10 Å². The Morgan fingerprint density at radius 2 is 1.81 bits per heavy atom. The van der Waals surface area contributed by atoms with Gasteiger partial charge in [0.1, 0.15) is 11.5 Å². The fraction of sp³-hybridized carbons (Fsp3) is 0.100. The van der Waals surface area contributed by atoms with Crippen LogP contribution >= 0.6 is 0 Å². The van der Waals surface area contributed by atoms with Gasteiger partial charge in [0, 0.05) is 16.6 Å². The number of aromatic hydroxyl groups is 2. The maximum absolute atomic E-state index is 12.0. The van der Waals surface area contributed by atoms with E-state index < -0.39 is 0 Å². The zero-order valence-corrected chi connectivity index (χ0v) is 14.2. The van der Waals surface area contributed by atoms with Crippen molar-refractivity contribution in [2.45, 2.75) is 6.92 Å². The lowest BCUT2D eigenvalue weighted by Crippen LogP contribution is -2.26. The third-order valence-electron chi connectivity index (χ3n) is 3.95. The first-order chi connectivity index (χ1) is 12.5. The highest BCUT2D eigenvalue weighted by Gasteiger charge is 2.07. The lowest BCUT2D eigenvalue weighted by atomic mass is 10.1. The molecule has 0 heterocycles. The molecule has 0 saturated heterocycles. The smallest absolute Gasteiger partial charge is 0.259 e. The summed E-state index contributed by atoms with van der Waals surface area (Å²) in [5, 5.41) is 28.5. The van der Waals surface area contributed by atoms with Gasteiger partial charge in [0.05, 0.1) is 12.3 Å². The maximum Gasteiger partial charge on any atom is 0.259 e. The average Bonchev–Trinajstić information content (AvgIpc) is 2.66. The van der Waals surface area contributed by atoms with Crippen molar-refractivity contribution < 1.29 is 15.0 Å². The summed E-state index contributed by atoms with van der Waals surface area (Å²) in [6.07, 6.45) is 0. The van der Waals surface area contributed by atoms with Crippen LogP contribution in [0.2, 0.25) is 0 Å². The van der Waals surface area contributed by atoms with E-state index in [0.717, 1.165) is 16.5 Å². The van der Waals surface area contributed by atoms with Crippen molar-refractivity contribution in [1.29, 1.82) is 0 Å². The molecule has 0 bridgehead atoms. The summed E-state index contributed by atoms with van der Waals surface area (Å²) >= 11 is 0. The molecule has 0 aliphatic rings. The first-order valence-electron chi connectivity index (χ1n) is 8.12. The molecule has 0 spiro atoms. The number of amides is 1. The Morgan fingerprint density at radius 1 is 1.04 bits per heavy atom. The predicted molar refractivity (Wildman–Crippen MR) is 103 cm³/mol. The van der Waals surface area contributed by atoms with Gasteiger partial charge < -0.3 is 15.5 Å². The fourth-order valence-corrected chi connectivity index (χ4v) is 2.61. The molecule has 6 heteroatoms. The number of fused-ring (bicyclic) bond motifs is 1. The molecule has 0 radical (unpaired) electrons. The molecule has 26 heavy (non-hydrogen) atoms. The van der Waals surface area contributed by atoms with E-state index in [9.17, 15) is 15.0 Å². The predicted octanol–water partition coefficient (Wildman–Crippen LogP) is 3.20. The van der Waals surface area contributed by atoms with Gasteiger partial charge in [-0.25, -0.2) is 5.43 Å². The summed E-state index contributed by atoms with van der Waals surface area (Å²) in [4.78, 5) is 12.0. The SMILES string of the molecule is CC(=NNC(=O)CNc1cccc2ccccc12)c1cc(O)ccc1O. The molecule has 6 nitrogen and oxygen atoms in total. The van der Waals surface area contributed by atoms with Crippen molar-refractivity contribution in [3.05, 3.63) is 66.2 Å². The van der Waals surface area contributed by atoms with Crippen LogP contribution in [0.5, 0.6) is 11.5 Å². The van der Waals surface area contributed by atoms with Crippen molar-refractivity contribution >= 4 is 28.1 Å². The number of phenolic OH excluding ortho intramolecular Hbond substituents is 2. The Morgan fingerprint density at radius 3 is 2.65 bits per heavy atom. The van der Waals surface area contributed by atoms with Crippen molar-refractivity contribution in [3.63, 3.8) is 0 Å². The second-order valence-electron chi connectivity index (χ2n) is 5.81. The number of anilines is 1. The van der Waals surface area contributed by atoms with E-state index in [4.69, 9.17) is 0 Å². The summed E-state index contributed by atoms with van der Waals surface area (Å²) in [6.45, 7) is 1.68. The lowest BCUT2D eigenvalue weighted by molar-refractivity contribution is -0.119. The molecule has 0 unspecified atom stereocenters. The number of nitrogens with one attached hydrogen (secondary N) is 2. The number of phenols is 2. The normalized spacial score (nSPS) is 11.3. The van der Waals surface area contributed by atoms with E-state index in [1.54, 1.807) is 6.92 Å². The number of nitrogens with zero attached hydrogens (tertiary/aromatic N) is 1. The first-order valence-corrected chi connectivity index (χ1v) is 8.12. The maximum atomic E-state index is 12.0. The van der Waals surface area contributed by atoms with Crippen LogP contribution < -0.4 is 10.7 Å². The third kappa shape index (κ3) is 3.92. The third-order valence-corrected chi connectivity index (χ3v) is 3.95. The Kier molecular flexibility index (Phi) is 5.03. The molecule has 3 aromatic carbocycles. The van der Waals surface area contributed by atoms with E-state index in [0.29, 0.717) is 11.3 Å². The van der Waals surface area contributed by atoms with Crippen LogP contribution in [-0.4, -0.2) is 28.4 Å². The minimum absolute atomic E-state index is 0.0105. The molecule has 0 aromatic heterocycles. The number of hydrogen-bond donors (Lipinski definition) is 4. The number of carbonyl (C=O) groups excluding carboxylic acids is 1. The van der Waals surface area contributed by atoms with Crippen LogP contribution in [0.4, 0.5) is 5.69 Å². The van der Waals surface area contributed by atoms with E-state index in [-0.39, 0.29) is 24.0 Å². The van der Waals surface area contributed by atoms with Gasteiger partial charge >= 0.3 is 0 Å². The van der Waals surface area contributed by atoms with E-state index in [2.05, 4.69) is 15.8 Å². The second kappa shape index (κ2) is 7.57. The Hall–Kier alpha value is -3.54. The summed E-state index contributed by atoms with van der Waals surface area (Å²) in [7, 11) is 0. The van der Waals surface area contributed by atoms with Crippen LogP contribution in [0.3, 0.4) is 0 Å². The van der Waals surface area contributed by atoms with E-state index in [1.165, 1.54) is 18.2 Å². The van der Waals surface area contributed by atoms with Crippen molar-refractivity contribution in [3.8, 4) is 11.5 Å². The zero-order valence-electron chi connectivity index (χ0n) is 14.2. The number of hydrogen-bond acceptors (Lipinski definition) is 5. The number of carbonyl (C=O) groups is 1. The molecule has 0 fully saturated rings. The number of rotatable bonds is 5. The molecule has 4 N–H and O–H groups in total. The summed E-state index contributed by atoms with van der Waals surface area (Å²) < 4.78 is 0. The van der Waals surface area contributed by atoms with E-state index in [1.807, 2.05) is 42.5 Å². The van der Waals surface area contributed by atoms with Gasteiger partial charge in [-0.05, 0) is 36.6 Å². The molecule has 0 saturated carbocycles. The monoisotopic (exact) mass is 349 g/mol. The van der Waals surface area contributed by atoms with Gasteiger partial charge in [-0.15, -0.1) is 0 Å². The van der Waals surface area contributed by atoms with Gasteiger partial charge in [-0.2, -0.15) is 5.10 Å². The average molecular weight is 349 g/mol. The highest BCUT2D eigenvalue weighted by atomic mass is 16.3. The molecule has 3 aromatic rings. The molecule has 1 amide bonds. The zero-order chi connectivity index (χ0) is 18.5. The van der Waals surface area contributed by atoms with Gasteiger partial charge in [-0.1, -0.05) is 36.4 Å². The molecule has 0 atom stereocenters. The molecule has 0 aliphatic carbocycles. The summed E-state index contributed by atoms with van der Waals surface area (Å²) in [5.74, 6) is -0.333. The summed E-state index contributed by atoms with van der Waals surface area (Å²) in [6, 6.07) is 17.9. The van der Waals surface area contributed by atoms with E-state index >= 15 is 0 Å². The number of benzene rings is 3. The molecule has 3 rings (SSSR count). The van der Waals surface area contributed by atoms with Gasteiger partial charge in [0.2, 0.25) is 0 Å². The Balaban J connectivity index is 1.64. The van der Waals surface area contributed by atoms with Crippen LogP contribution in [0, 0.1) is 0 Å². The topological polar surface area (TPSA) is 94.0 Å². The van der Waals surface area contributed by atoms with Crippen LogP contribution in [0.15, 0.2) is 65.8 Å². The standard InChI is InChI=1S/C20H19N3O3/c1-13(17-11-15(24)9-10-19(17)25)22-23-20(26)12-21-18-8-4-6-14-5-2-3-7-16(14)18/h2-11,21,24-25H,12H2,1H3,(H,23,26). The highest BCUT2D eigenvalue weighted by molar-refractivity contribution is 6.02. The molecule has 0 aliphatic heterocycles. The van der Waals surface area contributed by atoms with Gasteiger partial charge in [0.15, 0.2) is 0 Å². The van der Waals surface area contributed by atoms with Crippen LogP contribution in [-0.2, 0) is 4.79 Å². The van der Waals surface area contributed by atoms with Crippen molar-refractivity contribution in [1.82, 2.24) is 5.43 Å². The second-order valence-corrected chi connectivity index (χ2v) is 5.81. The molecule has 132 valence electrons. The number of hydrazone groups is 1. The van der Waals surface area contributed by atoms with Crippen LogP contribution in [0.1, 0.15) is 12.5 Å².